The van der Waals surface area contributed by atoms with Crippen molar-refractivity contribution in [3.05, 3.63) is 84.1 Å². The Balaban J connectivity index is 1.91. The van der Waals surface area contributed by atoms with Crippen molar-refractivity contribution in [1.82, 2.24) is 9.29 Å². The second kappa shape index (κ2) is 8.06. The number of amides is 1. The fraction of sp³-hybridized carbons (Fsp3) is 0.0455. The average molecular weight is 456 g/mol. The number of rotatable bonds is 6. The first kappa shape index (κ1) is 21.5. The summed E-state index contributed by atoms with van der Waals surface area (Å²) < 4.78 is 57.5. The normalized spacial score (nSPS) is 11.6. The minimum atomic E-state index is -3.75. The van der Waals surface area contributed by atoms with Crippen molar-refractivity contribution >= 4 is 32.7 Å². The van der Waals surface area contributed by atoms with E-state index in [9.17, 15) is 22.0 Å². The number of benzene rings is 3. The fourth-order valence-electron chi connectivity index (χ4n) is 3.47. The van der Waals surface area contributed by atoms with E-state index in [0.717, 1.165) is 12.1 Å². The van der Waals surface area contributed by atoms with Crippen molar-refractivity contribution < 1.29 is 22.0 Å². The molecule has 0 fully saturated rings. The van der Waals surface area contributed by atoms with Crippen LogP contribution in [0.4, 0.5) is 14.5 Å². The summed E-state index contributed by atoms with van der Waals surface area (Å²) in [6.07, 6.45) is 0. The Hall–Kier alpha value is -3.76. The molecular formula is C22H18F2N4O3S. The maximum Gasteiger partial charge on any atom is 0.298 e. The molecule has 0 aliphatic carbocycles. The summed E-state index contributed by atoms with van der Waals surface area (Å²) in [5, 5.41) is 0.643. The summed E-state index contributed by atoms with van der Waals surface area (Å²) in [4.78, 5) is 12.1. The molecule has 0 spiro atoms. The van der Waals surface area contributed by atoms with Crippen LogP contribution in [0.15, 0.2) is 66.7 Å². The van der Waals surface area contributed by atoms with Gasteiger partial charge in [-0.25, -0.2) is 13.5 Å². The summed E-state index contributed by atoms with van der Waals surface area (Å²) in [5.74, 6) is -2.11. The Morgan fingerprint density at radius 3 is 2.47 bits per heavy atom. The molecule has 0 unspecified atom stereocenters. The van der Waals surface area contributed by atoms with Crippen molar-refractivity contribution in [1.29, 1.82) is 0 Å². The van der Waals surface area contributed by atoms with Gasteiger partial charge in [0.05, 0.1) is 11.2 Å². The number of primary amides is 1. The molecule has 32 heavy (non-hydrogen) atoms. The monoisotopic (exact) mass is 456 g/mol. The highest BCUT2D eigenvalue weighted by atomic mass is 32.2. The number of hydrogen-bond acceptors (Lipinski definition) is 3. The van der Waals surface area contributed by atoms with Crippen molar-refractivity contribution in [3.63, 3.8) is 0 Å². The third-order valence-electron chi connectivity index (χ3n) is 4.92. The summed E-state index contributed by atoms with van der Waals surface area (Å²) >= 11 is 0. The van der Waals surface area contributed by atoms with Crippen molar-refractivity contribution in [2.45, 2.75) is 0 Å². The van der Waals surface area contributed by atoms with Gasteiger partial charge in [-0.2, -0.15) is 8.42 Å². The van der Waals surface area contributed by atoms with E-state index in [-0.39, 0.29) is 16.9 Å². The maximum absolute atomic E-state index is 14.3. The largest absolute Gasteiger partial charge is 0.364 e. The first-order valence-electron chi connectivity index (χ1n) is 9.41. The van der Waals surface area contributed by atoms with Crippen LogP contribution in [-0.2, 0) is 10.2 Å². The maximum atomic E-state index is 14.3. The average Bonchev–Trinajstić information content (AvgIpc) is 3.13. The predicted molar refractivity (Wildman–Crippen MR) is 119 cm³/mol. The number of nitrogens with zero attached hydrogens (tertiary/aromatic N) is 1. The lowest BCUT2D eigenvalue weighted by Gasteiger charge is -2.13. The first-order valence-corrected chi connectivity index (χ1v) is 10.9. The molecule has 3 aromatic carbocycles. The predicted octanol–water partition coefficient (Wildman–Crippen LogP) is 3.55. The van der Waals surface area contributed by atoms with Crippen LogP contribution in [0.5, 0.6) is 0 Å². The number of nitrogens with one attached hydrogen (secondary N) is 2. The first-order chi connectivity index (χ1) is 15.2. The van der Waals surface area contributed by atoms with Crippen molar-refractivity contribution in [2.75, 3.05) is 11.8 Å². The molecular weight excluding hydrogens is 438 g/mol. The van der Waals surface area contributed by atoms with Gasteiger partial charge in [-0.1, -0.05) is 18.2 Å². The molecule has 0 saturated heterocycles. The Morgan fingerprint density at radius 1 is 1.00 bits per heavy atom. The number of carbonyl (C=O) groups is 1. The van der Waals surface area contributed by atoms with Crippen LogP contribution in [0.25, 0.3) is 27.7 Å². The van der Waals surface area contributed by atoms with Gasteiger partial charge in [-0.05, 0) is 48.0 Å². The van der Waals surface area contributed by atoms with Crippen LogP contribution in [0.1, 0.15) is 10.5 Å². The standard InChI is InChI=1S/C22H18F2N4O3S/c1-26-32(30,31)27-16-7-5-14-10-21(22(25)29)28(20(14)12-16)17-4-2-3-13(9-17)18-8-6-15(23)11-19(18)24/h2-12,26-27H,1H3,(H2,25,29). The van der Waals surface area contributed by atoms with Crippen LogP contribution in [-0.4, -0.2) is 25.9 Å². The second-order valence-corrected chi connectivity index (χ2v) is 8.61. The number of hydrogen-bond donors (Lipinski definition) is 3. The second-order valence-electron chi connectivity index (χ2n) is 6.99. The summed E-state index contributed by atoms with van der Waals surface area (Å²) in [6, 6.07) is 16.3. The van der Waals surface area contributed by atoms with Gasteiger partial charge in [0.1, 0.15) is 17.3 Å². The number of aromatic nitrogens is 1. The highest BCUT2D eigenvalue weighted by molar-refractivity contribution is 7.90. The molecule has 0 bridgehead atoms. The molecule has 0 aliphatic heterocycles. The van der Waals surface area contributed by atoms with Crippen LogP contribution >= 0.6 is 0 Å². The minimum Gasteiger partial charge on any atom is -0.364 e. The van der Waals surface area contributed by atoms with Gasteiger partial charge in [0.15, 0.2) is 0 Å². The molecule has 164 valence electrons. The number of fused-ring (bicyclic) bond motifs is 1. The van der Waals surface area contributed by atoms with E-state index in [1.807, 2.05) is 0 Å². The van der Waals surface area contributed by atoms with Gasteiger partial charge in [0.25, 0.3) is 16.1 Å². The Morgan fingerprint density at radius 2 is 1.78 bits per heavy atom. The van der Waals surface area contributed by atoms with Crippen LogP contribution in [0.3, 0.4) is 0 Å². The Bertz CT molecular complexity index is 1470. The number of anilines is 1. The molecule has 10 heteroatoms. The topological polar surface area (TPSA) is 106 Å². The quantitative estimate of drug-likeness (QED) is 0.413. The van der Waals surface area contributed by atoms with Crippen LogP contribution < -0.4 is 15.2 Å². The van der Waals surface area contributed by atoms with Crippen molar-refractivity contribution in [3.8, 4) is 16.8 Å². The molecule has 0 atom stereocenters. The third kappa shape index (κ3) is 4.05. The minimum absolute atomic E-state index is 0.158. The highest BCUT2D eigenvalue weighted by Gasteiger charge is 2.17. The summed E-state index contributed by atoms with van der Waals surface area (Å²) in [6.45, 7) is 0. The molecule has 4 aromatic rings. The zero-order valence-electron chi connectivity index (χ0n) is 16.8. The van der Waals surface area contributed by atoms with Gasteiger partial charge >= 0.3 is 0 Å². The zero-order valence-corrected chi connectivity index (χ0v) is 17.6. The highest BCUT2D eigenvalue weighted by Crippen LogP contribution is 2.30. The summed E-state index contributed by atoms with van der Waals surface area (Å²) in [5.41, 5.74) is 7.65. The van der Waals surface area contributed by atoms with E-state index in [4.69, 9.17) is 5.73 Å². The van der Waals surface area contributed by atoms with E-state index in [2.05, 4.69) is 9.44 Å². The lowest BCUT2D eigenvalue weighted by molar-refractivity contribution is 0.0994. The van der Waals surface area contributed by atoms with E-state index >= 15 is 0 Å². The fourth-order valence-corrected chi connectivity index (χ4v) is 4.01. The zero-order chi connectivity index (χ0) is 23.0. The van der Waals surface area contributed by atoms with Crippen LogP contribution in [0.2, 0.25) is 0 Å². The van der Waals surface area contributed by atoms with E-state index in [0.29, 0.717) is 22.2 Å². The molecule has 1 heterocycles. The number of halogens is 2. The molecule has 4 N–H and O–H groups in total. The lowest BCUT2D eigenvalue weighted by Crippen LogP contribution is -2.26. The smallest absolute Gasteiger partial charge is 0.298 e. The van der Waals surface area contributed by atoms with E-state index in [1.54, 1.807) is 53.1 Å². The molecule has 1 aromatic heterocycles. The molecule has 7 nitrogen and oxygen atoms in total. The Kier molecular flexibility index (Phi) is 5.41. The number of nitrogens with two attached hydrogens (primary N) is 1. The van der Waals surface area contributed by atoms with Crippen molar-refractivity contribution in [2.24, 2.45) is 5.73 Å². The van der Waals surface area contributed by atoms with Gasteiger partial charge in [-0.3, -0.25) is 9.52 Å². The third-order valence-corrected chi connectivity index (χ3v) is 5.97. The molecule has 1 amide bonds. The molecule has 4 rings (SSSR count). The number of carbonyl (C=O) groups excluding carboxylic acids is 1. The van der Waals surface area contributed by atoms with Gasteiger partial charge in [0, 0.05) is 29.8 Å². The molecule has 0 aliphatic rings. The van der Waals surface area contributed by atoms with E-state index in [1.165, 1.54) is 13.1 Å². The SMILES string of the molecule is CNS(=O)(=O)Nc1ccc2cc(C(N)=O)n(-c3cccc(-c4ccc(F)cc4F)c3)c2c1. The molecule has 0 saturated carbocycles. The van der Waals surface area contributed by atoms with Gasteiger partial charge < -0.3 is 10.3 Å². The Labute approximate surface area is 182 Å². The van der Waals surface area contributed by atoms with Gasteiger partial charge in [-0.15, -0.1) is 0 Å². The molecule has 0 radical (unpaired) electrons. The van der Waals surface area contributed by atoms with Crippen LogP contribution in [0, 0.1) is 11.6 Å². The lowest BCUT2D eigenvalue weighted by atomic mass is 10.0. The summed E-state index contributed by atoms with van der Waals surface area (Å²) in [7, 11) is -2.48. The van der Waals surface area contributed by atoms with Gasteiger partial charge in [0.2, 0.25) is 0 Å². The van der Waals surface area contributed by atoms with E-state index < -0.39 is 27.8 Å².